The van der Waals surface area contributed by atoms with Gasteiger partial charge < -0.3 is 15.6 Å². The van der Waals surface area contributed by atoms with E-state index < -0.39 is 5.97 Å². The van der Waals surface area contributed by atoms with Gasteiger partial charge in [-0.15, -0.1) is 0 Å². The lowest BCUT2D eigenvalue weighted by molar-refractivity contribution is -0.137. The minimum Gasteiger partial charge on any atom is -0.481 e. The second-order valence-electron chi connectivity index (χ2n) is 4.71. The number of aliphatic carboxylic acids is 1. The number of carbonyl (C=O) groups is 1. The molecule has 0 saturated carbocycles. The Kier molecular flexibility index (Phi) is 3.78. The molecule has 1 aromatic carbocycles. The van der Waals surface area contributed by atoms with Crippen LogP contribution in [0.4, 0.5) is 5.69 Å². The summed E-state index contributed by atoms with van der Waals surface area (Å²) >= 11 is 6.01. The molecule has 1 fully saturated rings. The first-order valence-electron chi connectivity index (χ1n) is 5.88. The number of carboxylic acids is 1. The number of benzene rings is 1. The molecular weight excluding hydrogens is 254 g/mol. The van der Waals surface area contributed by atoms with E-state index in [9.17, 15) is 4.79 Å². The van der Waals surface area contributed by atoms with Gasteiger partial charge in [0, 0.05) is 29.2 Å². The maximum absolute atomic E-state index is 10.8. The van der Waals surface area contributed by atoms with Gasteiger partial charge >= 0.3 is 5.97 Å². The molecule has 2 rings (SSSR count). The molecule has 0 bridgehead atoms. The zero-order chi connectivity index (χ0) is 13.2. The molecule has 98 valence electrons. The molecule has 1 unspecified atom stereocenters. The fourth-order valence-electron chi connectivity index (χ4n) is 2.49. The highest BCUT2D eigenvalue weighted by Crippen LogP contribution is 2.41. The van der Waals surface area contributed by atoms with E-state index in [-0.39, 0.29) is 11.8 Å². The van der Waals surface area contributed by atoms with Crippen molar-refractivity contribution in [2.75, 3.05) is 18.9 Å². The average Bonchev–Trinajstić information content (AvgIpc) is 2.79. The summed E-state index contributed by atoms with van der Waals surface area (Å²) in [4.78, 5) is 10.8. The Morgan fingerprint density at radius 3 is 2.94 bits per heavy atom. The first-order chi connectivity index (χ1) is 8.53. The molecule has 1 heterocycles. The molecule has 0 aliphatic carbocycles. The smallest absolute Gasteiger partial charge is 0.303 e. The minimum absolute atomic E-state index is 0.106. The highest BCUT2D eigenvalue weighted by Gasteiger charge is 2.38. The number of nitrogens with two attached hydrogens (primary N) is 1. The zero-order valence-corrected chi connectivity index (χ0v) is 10.7. The standard InChI is InChI=1S/C13H16ClNO3/c14-9-1-2-11(15)10(7-9)13(4-3-12(16)17)5-6-18-8-13/h1-2,7H,3-6,8,15H2,(H,16,17). The summed E-state index contributed by atoms with van der Waals surface area (Å²) in [5.74, 6) is -0.804. The lowest BCUT2D eigenvalue weighted by Gasteiger charge is -2.29. The van der Waals surface area contributed by atoms with Crippen molar-refractivity contribution in [3.05, 3.63) is 28.8 Å². The van der Waals surface area contributed by atoms with Crippen molar-refractivity contribution in [1.29, 1.82) is 0 Å². The lowest BCUT2D eigenvalue weighted by Crippen LogP contribution is -2.28. The second kappa shape index (κ2) is 5.16. The Hall–Kier alpha value is -1.26. The molecule has 3 N–H and O–H groups in total. The maximum Gasteiger partial charge on any atom is 0.303 e. The molecule has 4 nitrogen and oxygen atoms in total. The first kappa shape index (κ1) is 13.2. The largest absolute Gasteiger partial charge is 0.481 e. The van der Waals surface area contributed by atoms with E-state index in [1.54, 1.807) is 12.1 Å². The quantitative estimate of drug-likeness (QED) is 0.824. The van der Waals surface area contributed by atoms with Gasteiger partial charge in [-0.2, -0.15) is 0 Å². The van der Waals surface area contributed by atoms with Crippen molar-refractivity contribution >= 4 is 23.3 Å². The van der Waals surface area contributed by atoms with Gasteiger partial charge in [0.2, 0.25) is 0 Å². The van der Waals surface area contributed by atoms with Crippen LogP contribution in [0.15, 0.2) is 18.2 Å². The van der Waals surface area contributed by atoms with Gasteiger partial charge in [-0.3, -0.25) is 4.79 Å². The average molecular weight is 270 g/mol. The Bertz CT molecular complexity index is 456. The number of halogens is 1. The summed E-state index contributed by atoms with van der Waals surface area (Å²) < 4.78 is 5.45. The van der Waals surface area contributed by atoms with Gasteiger partial charge in [0.15, 0.2) is 0 Å². The van der Waals surface area contributed by atoms with Crippen LogP contribution in [-0.4, -0.2) is 24.3 Å². The van der Waals surface area contributed by atoms with Gasteiger partial charge in [0.05, 0.1) is 6.61 Å². The van der Waals surface area contributed by atoms with Crippen LogP contribution < -0.4 is 5.73 Å². The van der Waals surface area contributed by atoms with Crippen LogP contribution in [0.2, 0.25) is 5.02 Å². The van der Waals surface area contributed by atoms with Crippen molar-refractivity contribution in [2.45, 2.75) is 24.7 Å². The Morgan fingerprint density at radius 2 is 2.33 bits per heavy atom. The Labute approximate surface area is 111 Å². The Balaban J connectivity index is 2.34. The van der Waals surface area contributed by atoms with Crippen molar-refractivity contribution in [2.24, 2.45) is 0 Å². The molecule has 1 atom stereocenters. The lowest BCUT2D eigenvalue weighted by atomic mass is 9.75. The fraction of sp³-hybridized carbons (Fsp3) is 0.462. The second-order valence-corrected chi connectivity index (χ2v) is 5.14. The third kappa shape index (κ3) is 2.60. The molecular formula is C13H16ClNO3. The van der Waals surface area contributed by atoms with Crippen LogP contribution in [-0.2, 0) is 14.9 Å². The van der Waals surface area contributed by atoms with E-state index in [1.165, 1.54) is 0 Å². The van der Waals surface area contributed by atoms with Gasteiger partial charge in [-0.05, 0) is 36.6 Å². The van der Waals surface area contributed by atoms with Gasteiger partial charge in [0.1, 0.15) is 0 Å². The van der Waals surface area contributed by atoms with Crippen molar-refractivity contribution < 1.29 is 14.6 Å². The highest BCUT2D eigenvalue weighted by molar-refractivity contribution is 6.30. The van der Waals surface area contributed by atoms with E-state index in [1.807, 2.05) is 6.07 Å². The van der Waals surface area contributed by atoms with Crippen LogP contribution in [0.3, 0.4) is 0 Å². The number of carboxylic acid groups (broad SMARTS) is 1. The summed E-state index contributed by atoms with van der Waals surface area (Å²) in [7, 11) is 0. The van der Waals surface area contributed by atoms with Gasteiger partial charge in [-0.25, -0.2) is 0 Å². The molecule has 5 heteroatoms. The Morgan fingerprint density at radius 1 is 1.56 bits per heavy atom. The number of ether oxygens (including phenoxy) is 1. The highest BCUT2D eigenvalue weighted by atomic mass is 35.5. The minimum atomic E-state index is -0.804. The topological polar surface area (TPSA) is 72.6 Å². The van der Waals surface area contributed by atoms with E-state index >= 15 is 0 Å². The summed E-state index contributed by atoms with van der Waals surface area (Å²) in [5, 5.41) is 9.47. The predicted molar refractivity (Wildman–Crippen MR) is 69.8 cm³/mol. The normalized spacial score (nSPS) is 23.2. The third-order valence-electron chi connectivity index (χ3n) is 3.51. The molecule has 0 radical (unpaired) electrons. The summed E-state index contributed by atoms with van der Waals surface area (Å²) in [6.07, 6.45) is 1.41. The maximum atomic E-state index is 10.8. The fourth-order valence-corrected chi connectivity index (χ4v) is 2.66. The number of nitrogen functional groups attached to an aromatic ring is 1. The first-order valence-corrected chi connectivity index (χ1v) is 6.26. The molecule has 1 aliphatic heterocycles. The van der Waals surface area contributed by atoms with Crippen LogP contribution in [0, 0.1) is 0 Å². The molecule has 0 aromatic heterocycles. The predicted octanol–water partition coefficient (Wildman–Crippen LogP) is 2.45. The third-order valence-corrected chi connectivity index (χ3v) is 3.74. The summed E-state index contributed by atoms with van der Waals surface area (Å²) in [5.41, 5.74) is 7.25. The van der Waals surface area contributed by atoms with E-state index in [0.29, 0.717) is 30.3 Å². The van der Waals surface area contributed by atoms with Gasteiger partial charge in [-0.1, -0.05) is 11.6 Å². The summed E-state index contributed by atoms with van der Waals surface area (Å²) in [6.45, 7) is 1.14. The summed E-state index contributed by atoms with van der Waals surface area (Å²) in [6, 6.07) is 5.33. The van der Waals surface area contributed by atoms with Crippen LogP contribution in [0.5, 0.6) is 0 Å². The molecule has 0 spiro atoms. The molecule has 1 aliphatic rings. The molecule has 0 amide bonds. The van der Waals surface area contributed by atoms with Crippen molar-refractivity contribution in [3.8, 4) is 0 Å². The number of rotatable bonds is 4. The molecule has 1 aromatic rings. The van der Waals surface area contributed by atoms with Crippen LogP contribution in [0.25, 0.3) is 0 Å². The molecule has 1 saturated heterocycles. The van der Waals surface area contributed by atoms with Crippen LogP contribution >= 0.6 is 11.6 Å². The zero-order valence-electron chi connectivity index (χ0n) is 9.99. The van der Waals surface area contributed by atoms with Gasteiger partial charge in [0.25, 0.3) is 0 Å². The number of hydrogen-bond acceptors (Lipinski definition) is 3. The number of hydrogen-bond donors (Lipinski definition) is 2. The van der Waals surface area contributed by atoms with Crippen LogP contribution in [0.1, 0.15) is 24.8 Å². The van der Waals surface area contributed by atoms with Crippen molar-refractivity contribution in [1.82, 2.24) is 0 Å². The van der Waals surface area contributed by atoms with E-state index in [2.05, 4.69) is 0 Å². The monoisotopic (exact) mass is 269 g/mol. The molecule has 18 heavy (non-hydrogen) atoms. The SMILES string of the molecule is Nc1ccc(Cl)cc1C1(CCC(=O)O)CCOC1. The number of anilines is 1. The van der Waals surface area contributed by atoms with E-state index in [0.717, 1.165) is 12.0 Å². The van der Waals surface area contributed by atoms with Crippen molar-refractivity contribution in [3.63, 3.8) is 0 Å². The van der Waals surface area contributed by atoms with E-state index in [4.69, 9.17) is 27.2 Å².